The van der Waals surface area contributed by atoms with E-state index in [2.05, 4.69) is 24.3 Å². The lowest BCUT2D eigenvalue weighted by Crippen LogP contribution is -1.97. The number of benzene rings is 3. The summed E-state index contributed by atoms with van der Waals surface area (Å²) in [6, 6.07) is 23.7. The molecule has 0 aliphatic carbocycles. The molecule has 3 rings (SSSR count). The van der Waals surface area contributed by atoms with E-state index in [1.54, 1.807) is 24.3 Å². The van der Waals surface area contributed by atoms with Gasteiger partial charge in [-0.05, 0) is 48.9 Å². The van der Waals surface area contributed by atoms with Gasteiger partial charge >= 0.3 is 0 Å². The number of hydrogen-bond acceptors (Lipinski definition) is 4. The molecule has 142 valence electrons. The van der Waals surface area contributed by atoms with Crippen LogP contribution < -0.4 is 0 Å². The SMILES string of the molecule is Cc1ccc(S(=O)(=O)[O-])cc1.Oc1ccc([SH+]CCc2ccccc2)cc1. The fourth-order valence-corrected chi connectivity index (χ4v) is 3.68. The quantitative estimate of drug-likeness (QED) is 0.401. The van der Waals surface area contributed by atoms with Gasteiger partial charge in [-0.2, -0.15) is 0 Å². The van der Waals surface area contributed by atoms with Gasteiger partial charge in [0.2, 0.25) is 0 Å². The normalized spacial score (nSPS) is 10.7. The lowest BCUT2D eigenvalue weighted by Gasteiger charge is -2.05. The molecule has 4 nitrogen and oxygen atoms in total. The molecule has 0 saturated carbocycles. The number of hydrogen-bond donors (Lipinski definition) is 1. The maximum Gasteiger partial charge on any atom is 0.152 e. The molecule has 0 atom stereocenters. The van der Waals surface area contributed by atoms with Crippen molar-refractivity contribution >= 4 is 21.9 Å². The molecule has 3 aromatic rings. The van der Waals surface area contributed by atoms with Crippen molar-refractivity contribution in [1.29, 1.82) is 0 Å². The molecule has 0 unspecified atom stereocenters. The maximum absolute atomic E-state index is 10.4. The van der Waals surface area contributed by atoms with Crippen LogP contribution in [0.3, 0.4) is 0 Å². The van der Waals surface area contributed by atoms with Crippen LogP contribution in [0.2, 0.25) is 0 Å². The van der Waals surface area contributed by atoms with Gasteiger partial charge in [0.15, 0.2) is 4.90 Å². The second kappa shape index (κ2) is 10.2. The van der Waals surface area contributed by atoms with E-state index in [0.29, 0.717) is 5.75 Å². The van der Waals surface area contributed by atoms with Gasteiger partial charge in [0.05, 0.1) is 4.90 Å². The summed E-state index contributed by atoms with van der Waals surface area (Å²) in [7, 11) is -4.27. The third-order valence-electron chi connectivity index (χ3n) is 3.70. The molecule has 27 heavy (non-hydrogen) atoms. The van der Waals surface area contributed by atoms with Gasteiger partial charge in [0.1, 0.15) is 21.6 Å². The summed E-state index contributed by atoms with van der Waals surface area (Å²) >= 11 is 1.31. The van der Waals surface area contributed by atoms with E-state index >= 15 is 0 Å². The van der Waals surface area contributed by atoms with Gasteiger partial charge in [0.25, 0.3) is 0 Å². The smallest absolute Gasteiger partial charge is 0.152 e. The van der Waals surface area contributed by atoms with Crippen LogP contribution in [0.25, 0.3) is 0 Å². The summed E-state index contributed by atoms with van der Waals surface area (Å²) in [5.74, 6) is 1.46. The summed E-state index contributed by atoms with van der Waals surface area (Å²) in [6.45, 7) is 1.82. The van der Waals surface area contributed by atoms with Crippen molar-refractivity contribution in [3.8, 4) is 5.75 Å². The zero-order valence-corrected chi connectivity index (χ0v) is 16.7. The van der Waals surface area contributed by atoms with Crippen molar-refractivity contribution < 1.29 is 18.1 Å². The minimum Gasteiger partial charge on any atom is -0.744 e. The summed E-state index contributed by atoms with van der Waals surface area (Å²) in [4.78, 5) is 1.08. The molecule has 0 spiro atoms. The summed E-state index contributed by atoms with van der Waals surface area (Å²) in [6.07, 6.45) is 1.10. The topological polar surface area (TPSA) is 77.4 Å². The van der Waals surface area contributed by atoms with E-state index in [1.807, 2.05) is 25.1 Å². The van der Waals surface area contributed by atoms with Gasteiger partial charge in [-0.1, -0.05) is 48.0 Å². The second-order valence-electron chi connectivity index (χ2n) is 5.90. The first-order chi connectivity index (χ1) is 12.8. The Morgan fingerprint density at radius 1 is 0.889 bits per heavy atom. The number of phenolic OH excluding ortho intramolecular Hbond substituents is 1. The number of aromatic hydroxyl groups is 1. The highest BCUT2D eigenvalue weighted by Crippen LogP contribution is 2.12. The maximum atomic E-state index is 10.4. The first-order valence-corrected chi connectivity index (χ1v) is 10.9. The lowest BCUT2D eigenvalue weighted by atomic mass is 10.2. The summed E-state index contributed by atoms with van der Waals surface area (Å²) in [5, 5.41) is 9.16. The summed E-state index contributed by atoms with van der Waals surface area (Å²) < 4.78 is 31.2. The van der Waals surface area contributed by atoms with Crippen molar-refractivity contribution in [2.45, 2.75) is 23.1 Å². The third-order valence-corrected chi connectivity index (χ3v) is 5.66. The van der Waals surface area contributed by atoms with Gasteiger partial charge in [-0.15, -0.1) is 0 Å². The highest BCUT2D eigenvalue weighted by atomic mass is 32.2. The Bertz CT molecular complexity index is 920. The standard InChI is InChI=1S/C14H14OS.C7H8O3S/c15-13-6-8-14(9-7-13)16-11-10-12-4-2-1-3-5-12;1-6-2-4-7(5-3-6)11(8,9)10/h1-9,15H,10-11H2;2-5H,1H3,(H,8,9,10). The molecular formula is C21H22O4S2. The van der Waals surface area contributed by atoms with Crippen LogP contribution in [0, 0.1) is 6.92 Å². The molecule has 0 aliphatic rings. The molecule has 0 aromatic heterocycles. The lowest BCUT2D eigenvalue weighted by molar-refractivity contribution is 0.463. The van der Waals surface area contributed by atoms with Gasteiger partial charge in [-0.25, -0.2) is 8.42 Å². The Hall–Kier alpha value is -2.28. The number of rotatable bonds is 5. The first-order valence-electron chi connectivity index (χ1n) is 8.37. The molecule has 0 saturated heterocycles. The van der Waals surface area contributed by atoms with Crippen molar-refractivity contribution in [3.05, 3.63) is 90.0 Å². The molecule has 0 heterocycles. The van der Waals surface area contributed by atoms with Gasteiger partial charge < -0.3 is 9.66 Å². The largest absolute Gasteiger partial charge is 0.744 e. The van der Waals surface area contributed by atoms with Crippen molar-refractivity contribution in [2.75, 3.05) is 5.75 Å². The first kappa shape index (κ1) is 21.0. The number of thiol groups is 1. The Morgan fingerprint density at radius 2 is 1.48 bits per heavy atom. The number of aryl methyl sites for hydroxylation is 2. The van der Waals surface area contributed by atoms with E-state index in [-0.39, 0.29) is 4.90 Å². The fourth-order valence-electron chi connectivity index (χ4n) is 2.22. The summed E-state index contributed by atoms with van der Waals surface area (Å²) in [5.41, 5.74) is 2.31. The Kier molecular flexibility index (Phi) is 7.91. The molecule has 0 fully saturated rings. The third kappa shape index (κ3) is 7.86. The highest BCUT2D eigenvalue weighted by Gasteiger charge is 2.03. The van der Waals surface area contributed by atoms with Crippen LogP contribution in [0.4, 0.5) is 0 Å². The van der Waals surface area contributed by atoms with Crippen LogP contribution in [-0.4, -0.2) is 23.8 Å². The minimum absolute atomic E-state index is 0.178. The van der Waals surface area contributed by atoms with Crippen molar-refractivity contribution in [2.24, 2.45) is 0 Å². The monoisotopic (exact) mass is 402 g/mol. The molecule has 0 bridgehead atoms. The van der Waals surface area contributed by atoms with Crippen molar-refractivity contribution in [3.63, 3.8) is 0 Å². The zero-order valence-electron chi connectivity index (χ0n) is 14.9. The highest BCUT2D eigenvalue weighted by molar-refractivity contribution is 7.85. The molecule has 0 radical (unpaired) electrons. The van der Waals surface area contributed by atoms with E-state index in [9.17, 15) is 13.0 Å². The van der Waals surface area contributed by atoms with Crippen LogP contribution in [-0.2, 0) is 28.3 Å². The van der Waals surface area contributed by atoms with Crippen LogP contribution >= 0.6 is 0 Å². The fraction of sp³-hybridized carbons (Fsp3) is 0.143. The van der Waals surface area contributed by atoms with Gasteiger partial charge in [0, 0.05) is 18.2 Å². The Morgan fingerprint density at radius 3 is 2.04 bits per heavy atom. The van der Waals surface area contributed by atoms with Crippen LogP contribution in [0.5, 0.6) is 5.75 Å². The van der Waals surface area contributed by atoms with Crippen LogP contribution in [0.15, 0.2) is 88.7 Å². The predicted octanol–water partition coefficient (Wildman–Crippen LogP) is 3.71. The van der Waals surface area contributed by atoms with E-state index in [1.165, 1.54) is 34.4 Å². The minimum atomic E-state index is -4.27. The zero-order chi connectivity index (χ0) is 19.7. The van der Waals surface area contributed by atoms with E-state index in [4.69, 9.17) is 5.11 Å². The Balaban J connectivity index is 0.000000208. The second-order valence-corrected chi connectivity index (χ2v) is 8.56. The molecule has 3 aromatic carbocycles. The van der Waals surface area contributed by atoms with E-state index < -0.39 is 10.1 Å². The van der Waals surface area contributed by atoms with Crippen LogP contribution in [0.1, 0.15) is 11.1 Å². The number of phenols is 1. The molecule has 0 aliphatic heterocycles. The molecule has 1 N–H and O–H groups in total. The van der Waals surface area contributed by atoms with Crippen molar-refractivity contribution in [1.82, 2.24) is 0 Å². The van der Waals surface area contributed by atoms with E-state index in [0.717, 1.165) is 17.7 Å². The average Bonchev–Trinajstić information content (AvgIpc) is 2.64. The van der Waals surface area contributed by atoms with Gasteiger partial charge in [-0.3, -0.25) is 0 Å². The molecule has 0 amide bonds. The predicted molar refractivity (Wildman–Crippen MR) is 109 cm³/mol. The average molecular weight is 403 g/mol. The molecule has 6 heteroatoms. The Labute approximate surface area is 164 Å². The molecular weight excluding hydrogens is 380 g/mol.